The standard InChI is InChI=1S/C43H76N2O7S2Si2/c1-14-55(15-2,16-3)51-37-27-38(46)50-35(31(8)25-34-29-53-41(44-34)54(13,48)49)26-36-43(12,45(36)28-33-22-23-33)24-20-21-30(7)39(32(9)40(47)42(37,10)11)52-56(17-4,18-5)19-6/h25,29-30,32-33,35-37,39H,14-24,26-28H2,1-13H3/b31-25+/t30-,32+,35-,36-,37-,39-,43+,45?/m0/s1. The number of Topliss-reactive ketones (excluding diaryl/α,β-unsaturated/α-hetero) is 1. The van der Waals surface area contributed by atoms with Crippen molar-refractivity contribution in [3.63, 3.8) is 0 Å². The van der Waals surface area contributed by atoms with Crippen LogP contribution in [0.15, 0.2) is 15.3 Å². The lowest BCUT2D eigenvalue weighted by molar-refractivity contribution is -0.153. The predicted octanol–water partition coefficient (Wildman–Crippen LogP) is 10.3. The second-order valence-electron chi connectivity index (χ2n) is 18.5. The van der Waals surface area contributed by atoms with Crippen molar-refractivity contribution < 1.29 is 31.6 Å². The number of cyclic esters (lactones) is 1. The third-order valence-corrected chi connectivity index (χ3v) is 26.4. The topological polar surface area (TPSA) is 112 Å². The van der Waals surface area contributed by atoms with Crippen molar-refractivity contribution in [1.82, 2.24) is 9.88 Å². The zero-order valence-corrected chi connectivity index (χ0v) is 40.8. The Kier molecular flexibility index (Phi) is 16.1. The van der Waals surface area contributed by atoms with Crippen LogP contribution in [0, 0.1) is 23.2 Å². The third kappa shape index (κ3) is 10.9. The average molecular weight is 853 g/mol. The minimum Gasteiger partial charge on any atom is -0.458 e. The molecule has 3 heterocycles. The van der Waals surface area contributed by atoms with Crippen LogP contribution in [0.3, 0.4) is 0 Å². The van der Waals surface area contributed by atoms with Gasteiger partial charge < -0.3 is 13.6 Å². The molecular weight excluding hydrogens is 777 g/mol. The number of thiazole rings is 1. The molecule has 8 atom stereocenters. The van der Waals surface area contributed by atoms with E-state index in [1.54, 1.807) is 5.38 Å². The van der Waals surface area contributed by atoms with Gasteiger partial charge in [-0.2, -0.15) is 0 Å². The van der Waals surface area contributed by atoms with Crippen LogP contribution in [-0.4, -0.2) is 89.4 Å². The van der Waals surface area contributed by atoms with E-state index in [-0.39, 0.29) is 52.0 Å². The van der Waals surface area contributed by atoms with Crippen molar-refractivity contribution in [3.8, 4) is 0 Å². The first-order valence-electron chi connectivity index (χ1n) is 21.9. The first kappa shape index (κ1) is 47.5. The lowest BCUT2D eigenvalue weighted by Crippen LogP contribution is -2.53. The molecule has 1 unspecified atom stereocenters. The summed E-state index contributed by atoms with van der Waals surface area (Å²) in [6.07, 6.45) is 7.81. The number of fused-ring (bicyclic) bond motifs is 1. The maximum absolute atomic E-state index is 15.1. The number of ketones is 1. The summed E-state index contributed by atoms with van der Waals surface area (Å²) in [7, 11) is -7.79. The smallest absolute Gasteiger partial charge is 0.309 e. The molecule has 56 heavy (non-hydrogen) atoms. The number of hydrogen-bond donors (Lipinski definition) is 0. The van der Waals surface area contributed by atoms with E-state index >= 15 is 4.79 Å². The number of carbonyl (C=O) groups is 2. The zero-order valence-electron chi connectivity index (χ0n) is 37.2. The van der Waals surface area contributed by atoms with Gasteiger partial charge >= 0.3 is 5.97 Å². The Morgan fingerprint density at radius 1 is 0.964 bits per heavy atom. The number of esters is 1. The molecule has 13 heteroatoms. The van der Waals surface area contributed by atoms with E-state index in [0.29, 0.717) is 12.1 Å². The molecule has 9 nitrogen and oxygen atoms in total. The van der Waals surface area contributed by atoms with Gasteiger partial charge in [0.15, 0.2) is 16.6 Å². The number of aromatic nitrogens is 1. The van der Waals surface area contributed by atoms with E-state index in [9.17, 15) is 13.2 Å². The molecule has 0 radical (unpaired) electrons. The molecular formula is C43H76N2O7S2Si2. The minimum absolute atomic E-state index is 0.0225. The Balaban J connectivity index is 1.80. The van der Waals surface area contributed by atoms with Gasteiger partial charge in [0, 0.05) is 47.5 Å². The second kappa shape index (κ2) is 19.0. The summed E-state index contributed by atoms with van der Waals surface area (Å²) in [6.45, 7) is 27.0. The zero-order chi connectivity index (χ0) is 41.9. The Labute approximate surface area is 346 Å². The molecule has 320 valence electrons. The molecule has 4 rings (SSSR count). The van der Waals surface area contributed by atoms with Crippen LogP contribution in [0.5, 0.6) is 0 Å². The quantitative estimate of drug-likeness (QED) is 0.0967. The molecule has 1 aliphatic carbocycles. The highest BCUT2D eigenvalue weighted by atomic mass is 32.2. The largest absolute Gasteiger partial charge is 0.458 e. The summed E-state index contributed by atoms with van der Waals surface area (Å²) >= 11 is 1.10. The van der Waals surface area contributed by atoms with Crippen molar-refractivity contribution in [2.75, 3.05) is 12.8 Å². The Morgan fingerprint density at radius 2 is 1.54 bits per heavy atom. The van der Waals surface area contributed by atoms with Gasteiger partial charge in [-0.3, -0.25) is 14.5 Å². The van der Waals surface area contributed by atoms with Gasteiger partial charge in [-0.1, -0.05) is 75.7 Å². The molecule has 2 saturated heterocycles. The summed E-state index contributed by atoms with van der Waals surface area (Å²) in [4.78, 5) is 36.6. The highest BCUT2D eigenvalue weighted by Gasteiger charge is 2.60. The normalized spacial score (nSPS) is 31.5. The van der Waals surface area contributed by atoms with E-state index in [2.05, 4.69) is 72.2 Å². The van der Waals surface area contributed by atoms with Crippen LogP contribution in [0.1, 0.15) is 134 Å². The van der Waals surface area contributed by atoms with Crippen molar-refractivity contribution in [2.24, 2.45) is 23.2 Å². The molecule has 0 aromatic carbocycles. The molecule has 3 fully saturated rings. The van der Waals surface area contributed by atoms with Crippen LogP contribution in [0.25, 0.3) is 6.08 Å². The maximum Gasteiger partial charge on any atom is 0.309 e. The maximum atomic E-state index is 15.1. The van der Waals surface area contributed by atoms with Gasteiger partial charge in [-0.05, 0) is 99.3 Å². The SMILES string of the molecule is CC[Si](CC)(CC)O[C@H]1[C@@H](C)CCC[C@]2(C)[C@H](C[C@@H](/C(C)=C/c3csc(S(C)(=O)=O)n3)OC(=O)C[C@H](O[Si](CC)(CC)CC)C(C)(C)C(=O)[C@@H]1C)N2CC1CC1. The van der Waals surface area contributed by atoms with E-state index in [4.69, 9.17) is 13.6 Å². The van der Waals surface area contributed by atoms with Crippen LogP contribution >= 0.6 is 11.3 Å². The first-order valence-corrected chi connectivity index (χ1v) is 29.7. The summed E-state index contributed by atoms with van der Waals surface area (Å²) in [6, 6.07) is 6.01. The lowest BCUT2D eigenvalue weighted by atomic mass is 9.73. The highest BCUT2D eigenvalue weighted by molar-refractivity contribution is 7.92. The molecule has 2 aliphatic heterocycles. The van der Waals surface area contributed by atoms with Crippen molar-refractivity contribution in [1.29, 1.82) is 0 Å². The lowest BCUT2D eigenvalue weighted by Gasteiger charge is -2.44. The predicted molar refractivity (Wildman–Crippen MR) is 235 cm³/mol. The number of ether oxygens (including phenoxy) is 1. The molecule has 1 aromatic rings. The Hall–Kier alpha value is -1.23. The average Bonchev–Trinajstić information content (AvgIpc) is 4.01. The molecule has 1 aromatic heterocycles. The van der Waals surface area contributed by atoms with Crippen LogP contribution in [0.4, 0.5) is 0 Å². The summed E-state index contributed by atoms with van der Waals surface area (Å²) < 4.78 is 45.6. The van der Waals surface area contributed by atoms with Crippen molar-refractivity contribution in [3.05, 3.63) is 16.6 Å². The number of hydrogen-bond acceptors (Lipinski definition) is 10. The van der Waals surface area contributed by atoms with Crippen molar-refractivity contribution >= 4 is 55.6 Å². The van der Waals surface area contributed by atoms with E-state index in [1.807, 2.05) is 26.8 Å². The number of rotatable bonds is 15. The van der Waals surface area contributed by atoms with E-state index < -0.39 is 44.1 Å². The molecule has 0 amide bonds. The fourth-order valence-electron chi connectivity index (χ4n) is 9.49. The van der Waals surface area contributed by atoms with Gasteiger partial charge in [0.2, 0.25) is 14.2 Å². The Bertz CT molecular complexity index is 1620. The Morgan fingerprint density at radius 3 is 2.05 bits per heavy atom. The van der Waals surface area contributed by atoms with Crippen LogP contribution in [-0.2, 0) is 33.0 Å². The van der Waals surface area contributed by atoms with Crippen LogP contribution in [0.2, 0.25) is 36.3 Å². The molecule has 3 aliphatic rings. The van der Waals surface area contributed by atoms with Gasteiger partial charge in [-0.25, -0.2) is 13.4 Å². The first-order chi connectivity index (χ1) is 26.2. The van der Waals surface area contributed by atoms with Gasteiger partial charge in [0.1, 0.15) is 11.9 Å². The third-order valence-electron chi connectivity index (χ3n) is 14.5. The molecule has 0 bridgehead atoms. The molecule has 0 N–H and O–H groups in total. The van der Waals surface area contributed by atoms with E-state index in [0.717, 1.165) is 84.9 Å². The molecule has 1 saturated carbocycles. The summed E-state index contributed by atoms with van der Waals surface area (Å²) in [5, 5.41) is 1.74. The molecule has 0 spiro atoms. The van der Waals surface area contributed by atoms with Gasteiger partial charge in [0.25, 0.3) is 0 Å². The van der Waals surface area contributed by atoms with Gasteiger partial charge in [-0.15, -0.1) is 11.3 Å². The van der Waals surface area contributed by atoms with Crippen molar-refractivity contribution in [2.45, 2.75) is 199 Å². The fraction of sp³-hybridized carbons (Fsp3) is 0.837. The highest BCUT2D eigenvalue weighted by Crippen LogP contribution is 2.51. The summed E-state index contributed by atoms with van der Waals surface area (Å²) in [5.41, 5.74) is 0.379. The van der Waals surface area contributed by atoms with E-state index in [1.165, 1.54) is 19.1 Å². The number of nitrogens with zero attached hydrogens (tertiary/aromatic N) is 2. The number of carbonyl (C=O) groups excluding carboxylic acids is 2. The fourth-order valence-corrected chi connectivity index (χ4v) is 17.1. The second-order valence-corrected chi connectivity index (χ2v) is 31.0. The monoisotopic (exact) mass is 852 g/mol. The minimum atomic E-state index is -3.44. The summed E-state index contributed by atoms with van der Waals surface area (Å²) in [5.74, 6) is 0.269. The number of sulfone groups is 1. The van der Waals surface area contributed by atoms with Crippen LogP contribution < -0.4 is 0 Å². The van der Waals surface area contributed by atoms with Gasteiger partial charge in [0.05, 0.1) is 24.3 Å².